The number of ether oxygens (including phenoxy) is 1. The zero-order valence-electron chi connectivity index (χ0n) is 10.5. The number of benzene rings is 1. The molecular formula is C14H13N3O2. The normalized spacial score (nSPS) is 18.0. The summed E-state index contributed by atoms with van der Waals surface area (Å²) < 4.78 is 5.46. The number of nitrogens with zero attached hydrogens (tertiary/aromatic N) is 1. The van der Waals surface area contributed by atoms with Crippen molar-refractivity contribution in [2.24, 2.45) is 0 Å². The number of nitriles is 1. The second kappa shape index (κ2) is 4.50. The van der Waals surface area contributed by atoms with E-state index in [1.807, 2.05) is 13.1 Å². The van der Waals surface area contributed by atoms with Crippen molar-refractivity contribution in [2.75, 3.05) is 13.7 Å². The minimum absolute atomic E-state index is 0.0519. The van der Waals surface area contributed by atoms with Crippen LogP contribution >= 0.6 is 0 Å². The molecule has 96 valence electrons. The molecule has 0 saturated carbocycles. The standard InChI is InChI=1S/C14H13N3O2/c1-16-11-6-19-7-12-13(11)9-3-2-8(5-15)4-10(9)14(18)17-12/h2-4,11,16H,6-7H2,1H3,(H,17,18). The summed E-state index contributed by atoms with van der Waals surface area (Å²) in [5.74, 6) is 0. The van der Waals surface area contributed by atoms with Gasteiger partial charge in [0.15, 0.2) is 0 Å². The molecule has 0 spiro atoms. The summed E-state index contributed by atoms with van der Waals surface area (Å²) in [6.45, 7) is 0.989. The molecule has 2 heterocycles. The highest BCUT2D eigenvalue weighted by Gasteiger charge is 2.23. The molecule has 0 saturated heterocycles. The fraction of sp³-hybridized carbons (Fsp3) is 0.286. The van der Waals surface area contributed by atoms with Crippen molar-refractivity contribution >= 4 is 10.8 Å². The highest BCUT2D eigenvalue weighted by Crippen LogP contribution is 2.29. The maximum atomic E-state index is 12.1. The molecule has 2 N–H and O–H groups in total. The Balaban J connectivity index is 2.38. The largest absolute Gasteiger partial charge is 0.373 e. The Labute approximate surface area is 109 Å². The molecule has 1 aromatic carbocycles. The van der Waals surface area contributed by atoms with Gasteiger partial charge in [0.05, 0.1) is 30.9 Å². The summed E-state index contributed by atoms with van der Waals surface area (Å²) in [6.07, 6.45) is 0. The van der Waals surface area contributed by atoms with Crippen LogP contribution in [0.3, 0.4) is 0 Å². The first-order valence-corrected chi connectivity index (χ1v) is 6.08. The second-order valence-electron chi connectivity index (χ2n) is 4.57. The van der Waals surface area contributed by atoms with Crippen molar-refractivity contribution < 1.29 is 4.74 Å². The van der Waals surface area contributed by atoms with Gasteiger partial charge in [0, 0.05) is 16.6 Å². The molecule has 5 heteroatoms. The Bertz CT molecular complexity index is 743. The number of aromatic amines is 1. The fourth-order valence-corrected chi connectivity index (χ4v) is 2.57. The topological polar surface area (TPSA) is 77.9 Å². The number of pyridine rings is 1. The van der Waals surface area contributed by atoms with Crippen LogP contribution in [0.4, 0.5) is 0 Å². The number of fused-ring (bicyclic) bond motifs is 3. The average molecular weight is 255 g/mol. The van der Waals surface area contributed by atoms with Crippen LogP contribution in [-0.4, -0.2) is 18.6 Å². The van der Waals surface area contributed by atoms with Gasteiger partial charge in [0.1, 0.15) is 0 Å². The third-order valence-electron chi connectivity index (χ3n) is 3.50. The van der Waals surface area contributed by atoms with E-state index in [0.717, 1.165) is 16.6 Å². The minimum Gasteiger partial charge on any atom is -0.373 e. The van der Waals surface area contributed by atoms with Gasteiger partial charge < -0.3 is 15.0 Å². The van der Waals surface area contributed by atoms with Crippen LogP contribution in [0.2, 0.25) is 0 Å². The summed E-state index contributed by atoms with van der Waals surface area (Å²) in [5.41, 5.74) is 2.19. The van der Waals surface area contributed by atoms with Gasteiger partial charge in [-0.1, -0.05) is 6.07 Å². The van der Waals surface area contributed by atoms with Crippen molar-refractivity contribution in [1.29, 1.82) is 5.26 Å². The van der Waals surface area contributed by atoms with E-state index < -0.39 is 0 Å². The number of nitrogens with one attached hydrogen (secondary N) is 2. The lowest BCUT2D eigenvalue weighted by atomic mass is 9.96. The fourth-order valence-electron chi connectivity index (χ4n) is 2.57. The van der Waals surface area contributed by atoms with Crippen molar-refractivity contribution in [3.05, 3.63) is 45.4 Å². The summed E-state index contributed by atoms with van der Waals surface area (Å²) in [7, 11) is 1.86. The van der Waals surface area contributed by atoms with Crippen molar-refractivity contribution in [1.82, 2.24) is 10.3 Å². The van der Waals surface area contributed by atoms with Crippen molar-refractivity contribution in [3.8, 4) is 6.07 Å². The van der Waals surface area contributed by atoms with Gasteiger partial charge in [-0.15, -0.1) is 0 Å². The van der Waals surface area contributed by atoms with E-state index in [1.165, 1.54) is 0 Å². The lowest BCUT2D eigenvalue weighted by Gasteiger charge is -2.26. The van der Waals surface area contributed by atoms with E-state index in [9.17, 15) is 4.79 Å². The number of hydrogen-bond donors (Lipinski definition) is 2. The maximum absolute atomic E-state index is 12.1. The third kappa shape index (κ3) is 1.82. The van der Waals surface area contributed by atoms with E-state index in [1.54, 1.807) is 12.1 Å². The Kier molecular flexibility index (Phi) is 2.82. The predicted molar refractivity (Wildman–Crippen MR) is 70.7 cm³/mol. The van der Waals surface area contributed by atoms with Crippen LogP contribution < -0.4 is 10.9 Å². The number of H-pyrrole nitrogens is 1. The van der Waals surface area contributed by atoms with E-state index in [2.05, 4.69) is 16.4 Å². The molecule has 2 aromatic rings. The molecule has 0 fully saturated rings. The third-order valence-corrected chi connectivity index (χ3v) is 3.50. The van der Waals surface area contributed by atoms with E-state index >= 15 is 0 Å². The number of aromatic nitrogens is 1. The molecule has 1 atom stereocenters. The highest BCUT2D eigenvalue weighted by molar-refractivity contribution is 5.87. The van der Waals surface area contributed by atoms with Crippen LogP contribution in [0.5, 0.6) is 0 Å². The summed E-state index contributed by atoms with van der Waals surface area (Å²) in [6, 6.07) is 7.33. The average Bonchev–Trinajstić information content (AvgIpc) is 2.46. The number of rotatable bonds is 1. The zero-order valence-corrected chi connectivity index (χ0v) is 10.5. The smallest absolute Gasteiger partial charge is 0.256 e. The summed E-state index contributed by atoms with van der Waals surface area (Å²) in [5, 5.41) is 13.6. The minimum atomic E-state index is -0.175. The molecule has 1 aliphatic heterocycles. The highest BCUT2D eigenvalue weighted by atomic mass is 16.5. The predicted octanol–water partition coefficient (Wildman–Crippen LogP) is 1.19. The van der Waals surface area contributed by atoms with Crippen LogP contribution in [0.25, 0.3) is 10.8 Å². The van der Waals surface area contributed by atoms with E-state index in [4.69, 9.17) is 10.00 Å². The van der Waals surface area contributed by atoms with E-state index in [0.29, 0.717) is 24.2 Å². The molecule has 3 rings (SSSR count). The zero-order chi connectivity index (χ0) is 13.4. The molecule has 0 bridgehead atoms. The van der Waals surface area contributed by atoms with Gasteiger partial charge >= 0.3 is 0 Å². The molecular weight excluding hydrogens is 242 g/mol. The van der Waals surface area contributed by atoms with Crippen molar-refractivity contribution in [3.63, 3.8) is 0 Å². The van der Waals surface area contributed by atoms with Crippen LogP contribution in [0.15, 0.2) is 23.0 Å². The van der Waals surface area contributed by atoms with Crippen molar-refractivity contribution in [2.45, 2.75) is 12.6 Å². The summed E-state index contributed by atoms with van der Waals surface area (Å²) >= 11 is 0. The second-order valence-corrected chi connectivity index (χ2v) is 4.57. The molecule has 1 aromatic heterocycles. The Morgan fingerprint density at radius 2 is 2.32 bits per heavy atom. The van der Waals surface area contributed by atoms with Gasteiger partial charge in [-0.05, 0) is 24.6 Å². The van der Waals surface area contributed by atoms with Crippen LogP contribution in [0, 0.1) is 11.3 Å². The van der Waals surface area contributed by atoms with Gasteiger partial charge in [-0.25, -0.2) is 0 Å². The van der Waals surface area contributed by atoms with Crippen LogP contribution in [-0.2, 0) is 11.3 Å². The van der Waals surface area contributed by atoms with Gasteiger partial charge in [0.25, 0.3) is 5.56 Å². The molecule has 1 unspecified atom stereocenters. The molecule has 1 aliphatic rings. The summed E-state index contributed by atoms with van der Waals surface area (Å²) in [4.78, 5) is 14.9. The molecule has 19 heavy (non-hydrogen) atoms. The molecule has 0 radical (unpaired) electrons. The van der Waals surface area contributed by atoms with E-state index in [-0.39, 0.29) is 11.6 Å². The first-order chi connectivity index (χ1) is 9.24. The molecule has 0 aliphatic carbocycles. The SMILES string of the molecule is CNC1COCc2[nH]c(=O)c3cc(C#N)ccc3c21. The Hall–Kier alpha value is -2.16. The maximum Gasteiger partial charge on any atom is 0.256 e. The van der Waals surface area contributed by atoms with Gasteiger partial charge in [-0.2, -0.15) is 5.26 Å². The Morgan fingerprint density at radius 1 is 1.47 bits per heavy atom. The lowest BCUT2D eigenvalue weighted by Crippen LogP contribution is -2.30. The number of likely N-dealkylation sites (N-methyl/N-ethyl adjacent to an activating group) is 1. The molecule has 5 nitrogen and oxygen atoms in total. The Morgan fingerprint density at radius 3 is 3.05 bits per heavy atom. The van der Waals surface area contributed by atoms with Gasteiger partial charge in [0.2, 0.25) is 0 Å². The van der Waals surface area contributed by atoms with Gasteiger partial charge in [-0.3, -0.25) is 4.79 Å². The molecule has 0 amide bonds. The van der Waals surface area contributed by atoms with Crippen LogP contribution in [0.1, 0.15) is 22.9 Å². The first kappa shape index (κ1) is 11.9. The monoisotopic (exact) mass is 255 g/mol. The quantitative estimate of drug-likeness (QED) is 0.802. The number of hydrogen-bond acceptors (Lipinski definition) is 4. The first-order valence-electron chi connectivity index (χ1n) is 6.08. The lowest BCUT2D eigenvalue weighted by molar-refractivity contribution is 0.0819.